The van der Waals surface area contributed by atoms with Crippen LogP contribution < -0.4 is 0 Å². The Morgan fingerprint density at radius 1 is 0.609 bits per heavy atom. The molecule has 114 valence electrons. The van der Waals surface area contributed by atoms with Crippen molar-refractivity contribution in [3.8, 4) is 0 Å². The van der Waals surface area contributed by atoms with Gasteiger partial charge in [-0.25, -0.2) is 0 Å². The minimum Gasteiger partial charge on any atom is -0.473 e. The summed E-state index contributed by atoms with van der Waals surface area (Å²) in [7, 11) is 0. The molecule has 0 bridgehead atoms. The number of rotatable bonds is 0. The average Bonchev–Trinajstić information content (AvgIpc) is 3.21. The fourth-order valence-electron chi connectivity index (χ4n) is 3.57. The Bertz CT molecular complexity index is 902. The third kappa shape index (κ3) is 2.75. The van der Waals surface area contributed by atoms with E-state index in [2.05, 4.69) is 52.9 Å². The molecule has 0 saturated heterocycles. The van der Waals surface area contributed by atoms with E-state index in [1.54, 1.807) is 23.7 Å². The molecule has 1 aromatic heterocycles. The first kappa shape index (κ1) is 14.1. The zero-order chi connectivity index (χ0) is 15.5. The molecule has 4 aromatic rings. The van der Waals surface area contributed by atoms with Crippen molar-refractivity contribution in [1.82, 2.24) is 0 Å². The maximum Gasteiger partial charge on any atom is 0.0902 e. The molecule has 1 heterocycles. The van der Waals surface area contributed by atoms with Gasteiger partial charge in [-0.1, -0.05) is 48.5 Å². The van der Waals surface area contributed by atoms with Crippen LogP contribution in [0.25, 0.3) is 21.5 Å². The second-order valence-corrected chi connectivity index (χ2v) is 6.09. The van der Waals surface area contributed by atoms with Crippen LogP contribution in [0.1, 0.15) is 24.0 Å². The number of benzene rings is 3. The van der Waals surface area contributed by atoms with Gasteiger partial charge in [-0.05, 0) is 70.5 Å². The largest absolute Gasteiger partial charge is 0.473 e. The molecular weight excluding hydrogens is 280 g/mol. The molecule has 0 atom stereocenters. The Morgan fingerprint density at radius 3 is 2.22 bits per heavy atom. The minimum absolute atomic E-state index is 1.25. The lowest BCUT2D eigenvalue weighted by Gasteiger charge is -2.18. The lowest BCUT2D eigenvalue weighted by atomic mass is 9.86. The summed E-state index contributed by atoms with van der Waals surface area (Å²) in [6, 6.07) is 21.6. The third-order valence-corrected chi connectivity index (χ3v) is 4.68. The standard InChI is InChI=1S/C18H16.C4H4O/c1-3-7-15-13(5-1)9-11-18-16-8-4-2-6-14(16)10-12-17(15)18;1-2-4-5-3-1/h1,3,5,7,9-12H,2,4,6,8H2;1-4H. The lowest BCUT2D eigenvalue weighted by molar-refractivity contribution is 0.567. The van der Waals surface area contributed by atoms with Gasteiger partial charge in [-0.3, -0.25) is 0 Å². The molecule has 0 aliphatic heterocycles. The second-order valence-electron chi connectivity index (χ2n) is 6.09. The molecule has 0 spiro atoms. The van der Waals surface area contributed by atoms with Gasteiger partial charge in [0.2, 0.25) is 0 Å². The molecule has 1 aliphatic carbocycles. The summed E-state index contributed by atoms with van der Waals surface area (Å²) in [4.78, 5) is 0. The Kier molecular flexibility index (Phi) is 3.85. The quantitative estimate of drug-likeness (QED) is 0.355. The molecule has 3 aromatic carbocycles. The summed E-state index contributed by atoms with van der Waals surface area (Å²) in [5.74, 6) is 0. The van der Waals surface area contributed by atoms with E-state index in [4.69, 9.17) is 0 Å². The smallest absolute Gasteiger partial charge is 0.0902 e. The summed E-state index contributed by atoms with van der Waals surface area (Å²) >= 11 is 0. The number of aryl methyl sites for hydroxylation is 2. The molecule has 0 N–H and O–H groups in total. The fourth-order valence-corrected chi connectivity index (χ4v) is 3.57. The highest BCUT2D eigenvalue weighted by Crippen LogP contribution is 2.33. The van der Waals surface area contributed by atoms with E-state index < -0.39 is 0 Å². The van der Waals surface area contributed by atoms with Gasteiger partial charge in [0.05, 0.1) is 12.5 Å². The van der Waals surface area contributed by atoms with Crippen molar-refractivity contribution in [3.63, 3.8) is 0 Å². The van der Waals surface area contributed by atoms with Crippen LogP contribution in [-0.4, -0.2) is 0 Å². The molecule has 0 amide bonds. The molecule has 0 unspecified atom stereocenters. The van der Waals surface area contributed by atoms with Crippen molar-refractivity contribution in [2.75, 3.05) is 0 Å². The Labute approximate surface area is 136 Å². The van der Waals surface area contributed by atoms with Crippen molar-refractivity contribution in [2.45, 2.75) is 25.7 Å². The van der Waals surface area contributed by atoms with Crippen LogP contribution in [0.5, 0.6) is 0 Å². The van der Waals surface area contributed by atoms with Crippen molar-refractivity contribution in [3.05, 3.63) is 84.3 Å². The Hall–Kier alpha value is -2.54. The van der Waals surface area contributed by atoms with Gasteiger partial charge in [0.1, 0.15) is 0 Å². The van der Waals surface area contributed by atoms with Crippen molar-refractivity contribution in [2.24, 2.45) is 0 Å². The number of fused-ring (bicyclic) bond motifs is 5. The topological polar surface area (TPSA) is 13.1 Å². The van der Waals surface area contributed by atoms with Gasteiger partial charge >= 0.3 is 0 Å². The van der Waals surface area contributed by atoms with Gasteiger partial charge in [-0.2, -0.15) is 0 Å². The molecule has 0 fully saturated rings. The highest BCUT2D eigenvalue weighted by molar-refractivity contribution is 6.08. The number of furan rings is 1. The van der Waals surface area contributed by atoms with Gasteiger partial charge in [-0.15, -0.1) is 0 Å². The van der Waals surface area contributed by atoms with E-state index in [0.717, 1.165) is 0 Å². The lowest BCUT2D eigenvalue weighted by Crippen LogP contribution is -2.02. The molecule has 0 radical (unpaired) electrons. The van der Waals surface area contributed by atoms with E-state index in [-0.39, 0.29) is 0 Å². The molecule has 1 heteroatoms. The molecule has 5 rings (SSSR count). The summed E-state index contributed by atoms with van der Waals surface area (Å²) < 4.78 is 4.58. The highest BCUT2D eigenvalue weighted by atomic mass is 16.3. The summed E-state index contributed by atoms with van der Waals surface area (Å²) in [5, 5.41) is 5.64. The first-order valence-corrected chi connectivity index (χ1v) is 8.33. The van der Waals surface area contributed by atoms with Crippen LogP contribution in [-0.2, 0) is 12.8 Å². The third-order valence-electron chi connectivity index (χ3n) is 4.68. The number of hydrogen-bond acceptors (Lipinski definition) is 1. The molecule has 1 aliphatic rings. The van der Waals surface area contributed by atoms with Crippen LogP contribution in [0.4, 0.5) is 0 Å². The Balaban J connectivity index is 0.000000233. The first-order chi connectivity index (χ1) is 11.4. The highest BCUT2D eigenvalue weighted by Gasteiger charge is 2.13. The van der Waals surface area contributed by atoms with Gasteiger partial charge in [0, 0.05) is 0 Å². The maximum atomic E-state index is 4.58. The molecule has 23 heavy (non-hydrogen) atoms. The van der Waals surface area contributed by atoms with Crippen LogP contribution >= 0.6 is 0 Å². The fraction of sp³-hybridized carbons (Fsp3) is 0.182. The predicted octanol–water partition coefficient (Wildman–Crippen LogP) is 6.15. The van der Waals surface area contributed by atoms with Crippen LogP contribution in [0, 0.1) is 0 Å². The van der Waals surface area contributed by atoms with E-state index in [0.29, 0.717) is 0 Å². The van der Waals surface area contributed by atoms with Gasteiger partial charge in [0.25, 0.3) is 0 Å². The summed E-state index contributed by atoms with van der Waals surface area (Å²) in [6.45, 7) is 0. The Morgan fingerprint density at radius 2 is 1.39 bits per heavy atom. The zero-order valence-electron chi connectivity index (χ0n) is 13.2. The van der Waals surface area contributed by atoms with Crippen LogP contribution in [0.3, 0.4) is 0 Å². The van der Waals surface area contributed by atoms with Crippen molar-refractivity contribution < 1.29 is 4.42 Å². The number of hydrogen-bond donors (Lipinski definition) is 0. The minimum atomic E-state index is 1.25. The van der Waals surface area contributed by atoms with Crippen LogP contribution in [0.15, 0.2) is 77.6 Å². The van der Waals surface area contributed by atoms with E-state index in [1.165, 1.54) is 47.2 Å². The van der Waals surface area contributed by atoms with Gasteiger partial charge < -0.3 is 4.42 Å². The van der Waals surface area contributed by atoms with Crippen molar-refractivity contribution in [1.29, 1.82) is 0 Å². The molecule has 0 saturated carbocycles. The predicted molar refractivity (Wildman–Crippen MR) is 96.8 cm³/mol. The van der Waals surface area contributed by atoms with E-state index in [9.17, 15) is 0 Å². The van der Waals surface area contributed by atoms with Gasteiger partial charge in [0.15, 0.2) is 0 Å². The normalized spacial score (nSPS) is 13.4. The van der Waals surface area contributed by atoms with Crippen molar-refractivity contribution >= 4 is 21.5 Å². The maximum absolute atomic E-state index is 4.58. The monoisotopic (exact) mass is 300 g/mol. The molecular formula is C22H20O. The second kappa shape index (κ2) is 6.29. The SMILES string of the molecule is c1ccc2c(c1)ccc1c3c(ccc12)CCCC3.c1ccoc1. The average molecular weight is 300 g/mol. The summed E-state index contributed by atoms with van der Waals surface area (Å²) in [6.07, 6.45) is 8.47. The first-order valence-electron chi connectivity index (χ1n) is 8.33. The van der Waals surface area contributed by atoms with E-state index in [1.807, 2.05) is 12.1 Å². The molecule has 1 nitrogen and oxygen atoms in total. The van der Waals surface area contributed by atoms with E-state index >= 15 is 0 Å². The zero-order valence-corrected chi connectivity index (χ0v) is 13.2. The van der Waals surface area contributed by atoms with Crippen LogP contribution in [0.2, 0.25) is 0 Å². The summed E-state index contributed by atoms with van der Waals surface area (Å²) in [5.41, 5.74) is 3.17.